The number of nitrogens with zero attached hydrogens (tertiary/aromatic N) is 2. The van der Waals surface area contributed by atoms with Crippen molar-refractivity contribution in [3.8, 4) is 0 Å². The zero-order chi connectivity index (χ0) is 17.6. The number of morpholine rings is 1. The number of anilines is 2. The van der Waals surface area contributed by atoms with E-state index in [1.54, 1.807) is 18.5 Å². The van der Waals surface area contributed by atoms with Gasteiger partial charge in [-0.05, 0) is 36.8 Å². The van der Waals surface area contributed by atoms with Crippen LogP contribution in [0.5, 0.6) is 0 Å². The van der Waals surface area contributed by atoms with Gasteiger partial charge < -0.3 is 20.3 Å². The van der Waals surface area contributed by atoms with Crippen LogP contribution in [0.4, 0.5) is 20.6 Å². The Morgan fingerprint density at radius 3 is 2.84 bits per heavy atom. The zero-order valence-electron chi connectivity index (χ0n) is 14.0. The van der Waals surface area contributed by atoms with E-state index in [4.69, 9.17) is 4.74 Å². The van der Waals surface area contributed by atoms with E-state index in [-0.39, 0.29) is 11.9 Å². The second-order valence-electron chi connectivity index (χ2n) is 5.90. The fraction of sp³-hybridized carbons (Fsp3) is 0.333. The Morgan fingerprint density at radius 2 is 2.12 bits per heavy atom. The van der Waals surface area contributed by atoms with Crippen LogP contribution in [-0.2, 0) is 4.74 Å². The molecule has 1 aliphatic heterocycles. The number of nitrogens with one attached hydrogen (secondary N) is 2. The molecule has 0 aliphatic carbocycles. The van der Waals surface area contributed by atoms with Crippen molar-refractivity contribution in [1.82, 2.24) is 10.3 Å². The van der Waals surface area contributed by atoms with Crippen LogP contribution in [-0.4, -0.2) is 37.3 Å². The maximum atomic E-state index is 13.9. The molecule has 7 heteroatoms. The van der Waals surface area contributed by atoms with Crippen LogP contribution in [0.25, 0.3) is 0 Å². The Morgan fingerprint density at radius 1 is 1.32 bits per heavy atom. The highest BCUT2D eigenvalue weighted by Crippen LogP contribution is 2.23. The first-order valence-corrected chi connectivity index (χ1v) is 8.22. The number of pyridine rings is 1. The quantitative estimate of drug-likeness (QED) is 0.895. The van der Waals surface area contributed by atoms with Gasteiger partial charge in [-0.1, -0.05) is 6.07 Å². The Hall–Kier alpha value is -2.67. The van der Waals surface area contributed by atoms with Gasteiger partial charge >= 0.3 is 6.03 Å². The van der Waals surface area contributed by atoms with Crippen LogP contribution in [0, 0.1) is 5.82 Å². The highest BCUT2D eigenvalue weighted by atomic mass is 19.1. The van der Waals surface area contributed by atoms with E-state index in [2.05, 4.69) is 15.6 Å². The third-order valence-corrected chi connectivity index (χ3v) is 4.05. The molecule has 1 fully saturated rings. The van der Waals surface area contributed by atoms with Gasteiger partial charge in [-0.25, -0.2) is 9.18 Å². The summed E-state index contributed by atoms with van der Waals surface area (Å²) in [6.45, 7) is 4.49. The van der Waals surface area contributed by atoms with Crippen molar-refractivity contribution < 1.29 is 13.9 Å². The second kappa shape index (κ2) is 7.94. The van der Waals surface area contributed by atoms with Crippen LogP contribution in [0.2, 0.25) is 0 Å². The third kappa shape index (κ3) is 4.67. The van der Waals surface area contributed by atoms with Gasteiger partial charge in [0.2, 0.25) is 0 Å². The fourth-order valence-electron chi connectivity index (χ4n) is 2.73. The molecule has 1 saturated heterocycles. The fourth-order valence-corrected chi connectivity index (χ4v) is 2.73. The molecule has 2 heterocycles. The molecule has 1 unspecified atom stereocenters. The number of carbonyl (C=O) groups excluding carboxylic acids is 1. The van der Waals surface area contributed by atoms with Gasteiger partial charge in [0.05, 0.1) is 19.3 Å². The van der Waals surface area contributed by atoms with Crippen molar-refractivity contribution in [2.75, 3.05) is 36.5 Å². The highest BCUT2D eigenvalue weighted by molar-refractivity contribution is 5.90. The molecule has 3 rings (SSSR count). The highest BCUT2D eigenvalue weighted by Gasteiger charge is 2.14. The Balaban J connectivity index is 1.65. The molecule has 2 amide bonds. The first-order chi connectivity index (χ1) is 12.1. The summed E-state index contributed by atoms with van der Waals surface area (Å²) >= 11 is 0. The molecule has 132 valence electrons. The number of carbonyl (C=O) groups is 1. The molecule has 25 heavy (non-hydrogen) atoms. The molecular formula is C18H21FN4O2. The smallest absolute Gasteiger partial charge is 0.319 e. The summed E-state index contributed by atoms with van der Waals surface area (Å²) in [7, 11) is 0. The molecular weight excluding hydrogens is 323 g/mol. The van der Waals surface area contributed by atoms with E-state index < -0.39 is 6.03 Å². The van der Waals surface area contributed by atoms with Gasteiger partial charge in [-0.15, -0.1) is 0 Å². The first kappa shape index (κ1) is 17.2. The Kier molecular flexibility index (Phi) is 5.45. The van der Waals surface area contributed by atoms with Crippen LogP contribution in [0.1, 0.15) is 18.5 Å². The minimum atomic E-state index is -0.394. The number of amides is 2. The summed E-state index contributed by atoms with van der Waals surface area (Å²) in [6.07, 6.45) is 3.37. The largest absolute Gasteiger partial charge is 0.378 e. The molecule has 6 nitrogen and oxygen atoms in total. The normalized spacial score (nSPS) is 15.5. The van der Waals surface area contributed by atoms with Crippen molar-refractivity contribution in [3.63, 3.8) is 0 Å². The van der Waals surface area contributed by atoms with E-state index in [1.165, 1.54) is 12.1 Å². The predicted molar refractivity (Wildman–Crippen MR) is 94.2 cm³/mol. The lowest BCUT2D eigenvalue weighted by atomic mass is 10.1. The lowest BCUT2D eigenvalue weighted by molar-refractivity contribution is 0.122. The van der Waals surface area contributed by atoms with Gasteiger partial charge in [-0.3, -0.25) is 4.98 Å². The molecule has 0 saturated carbocycles. The van der Waals surface area contributed by atoms with Crippen molar-refractivity contribution in [3.05, 3.63) is 54.1 Å². The summed E-state index contributed by atoms with van der Waals surface area (Å²) < 4.78 is 19.2. The number of rotatable bonds is 4. The average Bonchev–Trinajstić information content (AvgIpc) is 2.62. The number of hydrogen-bond acceptors (Lipinski definition) is 4. The molecule has 1 atom stereocenters. The van der Waals surface area contributed by atoms with Gasteiger partial charge in [0, 0.05) is 36.9 Å². The number of aromatic nitrogens is 1. The van der Waals surface area contributed by atoms with Crippen molar-refractivity contribution in [1.29, 1.82) is 0 Å². The molecule has 0 radical (unpaired) electrons. The van der Waals surface area contributed by atoms with Gasteiger partial charge in [-0.2, -0.15) is 0 Å². The molecule has 1 aromatic carbocycles. The number of urea groups is 1. The van der Waals surface area contributed by atoms with Gasteiger partial charge in [0.1, 0.15) is 5.82 Å². The molecule has 1 aliphatic rings. The van der Waals surface area contributed by atoms with Gasteiger partial charge in [0.25, 0.3) is 0 Å². The maximum absolute atomic E-state index is 13.9. The summed E-state index contributed by atoms with van der Waals surface area (Å²) in [5.41, 5.74) is 2.04. The summed E-state index contributed by atoms with van der Waals surface area (Å²) in [4.78, 5) is 18.3. The van der Waals surface area contributed by atoms with Crippen molar-refractivity contribution in [2.45, 2.75) is 13.0 Å². The molecule has 2 N–H and O–H groups in total. The SMILES string of the molecule is CC(NC(=O)Nc1cc(F)cc(N2CCOCC2)c1)c1cccnc1. The summed E-state index contributed by atoms with van der Waals surface area (Å²) in [5.74, 6) is -0.389. The minimum absolute atomic E-state index is 0.207. The molecule has 0 spiro atoms. The van der Waals surface area contributed by atoms with Crippen LogP contribution in [0.15, 0.2) is 42.7 Å². The van der Waals surface area contributed by atoms with E-state index in [0.717, 1.165) is 11.3 Å². The van der Waals surface area contributed by atoms with Crippen molar-refractivity contribution >= 4 is 17.4 Å². The molecule has 0 bridgehead atoms. The topological polar surface area (TPSA) is 66.5 Å². The number of halogens is 1. The van der Waals surface area contributed by atoms with Crippen LogP contribution < -0.4 is 15.5 Å². The standard InChI is InChI=1S/C18H21FN4O2/c1-13(14-3-2-4-20-12-14)21-18(24)22-16-9-15(19)10-17(11-16)23-5-7-25-8-6-23/h2-4,9-13H,5-8H2,1H3,(H2,21,22,24). The average molecular weight is 344 g/mol. The van der Waals surface area contributed by atoms with E-state index in [9.17, 15) is 9.18 Å². The lowest BCUT2D eigenvalue weighted by Gasteiger charge is -2.29. The number of hydrogen-bond donors (Lipinski definition) is 2. The maximum Gasteiger partial charge on any atom is 0.319 e. The lowest BCUT2D eigenvalue weighted by Crippen LogP contribution is -2.36. The Bertz CT molecular complexity index is 720. The second-order valence-corrected chi connectivity index (χ2v) is 5.90. The summed E-state index contributed by atoms with van der Waals surface area (Å²) in [5, 5.41) is 5.51. The van der Waals surface area contributed by atoms with E-state index in [0.29, 0.717) is 32.0 Å². The number of ether oxygens (including phenoxy) is 1. The van der Waals surface area contributed by atoms with Crippen molar-refractivity contribution in [2.24, 2.45) is 0 Å². The third-order valence-electron chi connectivity index (χ3n) is 4.05. The van der Waals surface area contributed by atoms with E-state index in [1.807, 2.05) is 24.0 Å². The zero-order valence-corrected chi connectivity index (χ0v) is 14.0. The first-order valence-electron chi connectivity index (χ1n) is 8.22. The van der Waals surface area contributed by atoms with Gasteiger partial charge in [0.15, 0.2) is 0 Å². The summed E-state index contributed by atoms with van der Waals surface area (Å²) in [6, 6.07) is 7.63. The number of benzene rings is 1. The monoisotopic (exact) mass is 344 g/mol. The van der Waals surface area contributed by atoms with Crippen LogP contribution in [0.3, 0.4) is 0 Å². The predicted octanol–water partition coefficient (Wildman–Crippen LogP) is 2.94. The van der Waals surface area contributed by atoms with E-state index >= 15 is 0 Å². The minimum Gasteiger partial charge on any atom is -0.378 e. The molecule has 1 aromatic heterocycles. The Labute approximate surface area is 146 Å². The molecule has 2 aromatic rings. The van der Waals surface area contributed by atoms with Crippen LogP contribution >= 0.6 is 0 Å².